The quantitative estimate of drug-likeness (QED) is 0.298. The van der Waals surface area contributed by atoms with Crippen molar-refractivity contribution in [2.24, 2.45) is 0 Å². The fourth-order valence-corrected chi connectivity index (χ4v) is 1.80. The Morgan fingerprint density at radius 1 is 1.21 bits per heavy atom. The van der Waals surface area contributed by atoms with E-state index >= 15 is 0 Å². The molecular formula is C17H23N3O9. The van der Waals surface area contributed by atoms with Crippen molar-refractivity contribution in [2.75, 3.05) is 13.2 Å². The molecule has 0 bridgehead atoms. The number of alkyl carbamates (subject to hydrolysis) is 1. The maximum Gasteiger partial charge on any atom is 0.408 e. The molecular weight excluding hydrogens is 390 g/mol. The zero-order valence-electron chi connectivity index (χ0n) is 16.2. The summed E-state index contributed by atoms with van der Waals surface area (Å²) < 4.78 is 9.86. The Labute approximate surface area is 166 Å². The number of aliphatic hydroxyl groups excluding tert-OH is 1. The number of amides is 2. The monoisotopic (exact) mass is 413 g/mol. The number of nitro benzene ring substituents is 1. The maximum atomic E-state index is 11.8. The standard InChI is InChI=1S/C17H23N3O9/c1-17(2,3)29-16(24)18-13(8-21)15(23)19-28-10-14(22)27-9-11-4-6-12(7-5-11)20(25)26/h4-7,13,21H,8-10H2,1-3H3,(H,18,24)(H,19,23)/t13-/m0/s1. The lowest BCUT2D eigenvalue weighted by molar-refractivity contribution is -0.384. The minimum Gasteiger partial charge on any atom is -0.459 e. The van der Waals surface area contributed by atoms with Crippen molar-refractivity contribution in [3.63, 3.8) is 0 Å². The van der Waals surface area contributed by atoms with E-state index < -0.39 is 47.7 Å². The molecule has 0 spiro atoms. The maximum absolute atomic E-state index is 11.8. The number of esters is 1. The van der Waals surface area contributed by atoms with Crippen LogP contribution in [0.2, 0.25) is 0 Å². The van der Waals surface area contributed by atoms with Gasteiger partial charge < -0.3 is 19.9 Å². The summed E-state index contributed by atoms with van der Waals surface area (Å²) in [5, 5.41) is 21.9. The lowest BCUT2D eigenvalue weighted by Gasteiger charge is -2.22. The van der Waals surface area contributed by atoms with Gasteiger partial charge in [-0.15, -0.1) is 0 Å². The van der Waals surface area contributed by atoms with Gasteiger partial charge in [-0.25, -0.2) is 15.1 Å². The molecule has 1 aromatic carbocycles. The highest BCUT2D eigenvalue weighted by molar-refractivity contribution is 5.85. The van der Waals surface area contributed by atoms with Gasteiger partial charge in [-0.2, -0.15) is 0 Å². The molecule has 0 heterocycles. The summed E-state index contributed by atoms with van der Waals surface area (Å²) in [4.78, 5) is 49.8. The van der Waals surface area contributed by atoms with Crippen LogP contribution in [0, 0.1) is 10.1 Å². The molecule has 0 aromatic heterocycles. The second-order valence-corrected chi connectivity index (χ2v) is 6.72. The number of carbonyl (C=O) groups is 3. The number of hydrogen-bond acceptors (Lipinski definition) is 9. The molecule has 2 amide bonds. The highest BCUT2D eigenvalue weighted by Crippen LogP contribution is 2.12. The Hall–Kier alpha value is -3.25. The summed E-state index contributed by atoms with van der Waals surface area (Å²) >= 11 is 0. The van der Waals surface area contributed by atoms with E-state index in [-0.39, 0.29) is 12.3 Å². The molecule has 0 aliphatic carbocycles. The van der Waals surface area contributed by atoms with Gasteiger partial charge in [0, 0.05) is 12.1 Å². The van der Waals surface area contributed by atoms with Crippen molar-refractivity contribution >= 4 is 23.7 Å². The predicted molar refractivity (Wildman–Crippen MR) is 97.2 cm³/mol. The average Bonchev–Trinajstić information content (AvgIpc) is 2.63. The highest BCUT2D eigenvalue weighted by atomic mass is 16.7. The lowest BCUT2D eigenvalue weighted by atomic mass is 10.2. The van der Waals surface area contributed by atoms with Gasteiger partial charge in [0.25, 0.3) is 11.6 Å². The number of hydroxylamine groups is 1. The molecule has 12 heteroatoms. The summed E-state index contributed by atoms with van der Waals surface area (Å²) in [7, 11) is 0. The summed E-state index contributed by atoms with van der Waals surface area (Å²) in [6.07, 6.45) is -0.908. The Morgan fingerprint density at radius 3 is 2.34 bits per heavy atom. The fraction of sp³-hybridized carbons (Fsp3) is 0.471. The second-order valence-electron chi connectivity index (χ2n) is 6.72. The van der Waals surface area contributed by atoms with Crippen LogP contribution in [0.15, 0.2) is 24.3 Å². The molecule has 0 radical (unpaired) electrons. The van der Waals surface area contributed by atoms with Gasteiger partial charge >= 0.3 is 12.1 Å². The summed E-state index contributed by atoms with van der Waals surface area (Å²) in [6.45, 7) is 3.39. The van der Waals surface area contributed by atoms with Crippen molar-refractivity contribution in [1.82, 2.24) is 10.8 Å². The topological polar surface area (TPSA) is 166 Å². The van der Waals surface area contributed by atoms with Gasteiger partial charge in [0.15, 0.2) is 6.61 Å². The van der Waals surface area contributed by atoms with Crippen molar-refractivity contribution in [3.8, 4) is 0 Å². The highest BCUT2D eigenvalue weighted by Gasteiger charge is 2.24. The summed E-state index contributed by atoms with van der Waals surface area (Å²) in [5.74, 6) is -1.72. The number of hydrogen-bond donors (Lipinski definition) is 3. The van der Waals surface area contributed by atoms with Gasteiger partial charge in [0.2, 0.25) is 0 Å². The molecule has 1 aromatic rings. The van der Waals surface area contributed by atoms with Gasteiger partial charge in [-0.05, 0) is 38.5 Å². The van der Waals surface area contributed by atoms with Crippen LogP contribution in [-0.4, -0.2) is 52.9 Å². The van der Waals surface area contributed by atoms with Gasteiger partial charge in [0.05, 0.1) is 11.5 Å². The van der Waals surface area contributed by atoms with Crippen LogP contribution >= 0.6 is 0 Å². The van der Waals surface area contributed by atoms with E-state index in [1.165, 1.54) is 24.3 Å². The number of benzene rings is 1. The van der Waals surface area contributed by atoms with Crippen LogP contribution in [0.3, 0.4) is 0 Å². The number of nitrogens with zero attached hydrogens (tertiary/aromatic N) is 1. The Morgan fingerprint density at radius 2 is 1.83 bits per heavy atom. The Bertz CT molecular complexity index is 729. The summed E-state index contributed by atoms with van der Waals surface area (Å²) in [6, 6.07) is 4.06. The molecule has 0 saturated carbocycles. The molecule has 0 aliphatic heterocycles. The third kappa shape index (κ3) is 9.48. The van der Waals surface area contributed by atoms with Crippen LogP contribution < -0.4 is 10.8 Å². The number of ether oxygens (including phenoxy) is 2. The summed E-state index contributed by atoms with van der Waals surface area (Å²) in [5.41, 5.74) is 1.55. The van der Waals surface area contributed by atoms with E-state index in [1.54, 1.807) is 20.8 Å². The first-order chi connectivity index (χ1) is 13.5. The predicted octanol–water partition coefficient (Wildman–Crippen LogP) is 0.571. The molecule has 0 fully saturated rings. The Balaban J connectivity index is 2.35. The van der Waals surface area contributed by atoms with Gasteiger partial charge in [-0.1, -0.05) is 0 Å². The van der Waals surface area contributed by atoms with E-state index in [4.69, 9.17) is 14.3 Å². The number of nitrogens with one attached hydrogen (secondary N) is 2. The number of carbonyl (C=O) groups excluding carboxylic acids is 3. The van der Waals surface area contributed by atoms with E-state index in [1.807, 2.05) is 5.48 Å². The SMILES string of the molecule is CC(C)(C)OC(=O)N[C@@H](CO)C(=O)NOCC(=O)OCc1ccc([N+](=O)[O-])cc1. The molecule has 1 rings (SSSR count). The van der Waals surface area contributed by atoms with E-state index in [0.29, 0.717) is 5.56 Å². The Kier molecular flexibility index (Phi) is 8.96. The van der Waals surface area contributed by atoms with Crippen LogP contribution in [0.5, 0.6) is 0 Å². The third-order valence-electron chi connectivity index (χ3n) is 3.10. The van der Waals surface area contributed by atoms with Crippen molar-refractivity contribution in [2.45, 2.75) is 39.0 Å². The first-order valence-electron chi connectivity index (χ1n) is 8.43. The molecule has 1 atom stereocenters. The smallest absolute Gasteiger partial charge is 0.408 e. The average molecular weight is 413 g/mol. The van der Waals surface area contributed by atoms with E-state index in [9.17, 15) is 29.6 Å². The first-order valence-corrected chi connectivity index (χ1v) is 8.43. The number of non-ortho nitro benzene ring substituents is 1. The van der Waals surface area contributed by atoms with Crippen LogP contribution in [-0.2, 0) is 30.5 Å². The number of aliphatic hydroxyl groups is 1. The molecule has 0 aliphatic rings. The van der Waals surface area contributed by atoms with Crippen molar-refractivity contribution in [3.05, 3.63) is 39.9 Å². The molecule has 12 nitrogen and oxygen atoms in total. The molecule has 29 heavy (non-hydrogen) atoms. The minimum absolute atomic E-state index is 0.0930. The third-order valence-corrected chi connectivity index (χ3v) is 3.10. The van der Waals surface area contributed by atoms with E-state index in [0.717, 1.165) is 0 Å². The van der Waals surface area contributed by atoms with E-state index in [2.05, 4.69) is 5.32 Å². The number of rotatable bonds is 9. The fourth-order valence-electron chi connectivity index (χ4n) is 1.80. The number of nitro groups is 1. The van der Waals surface area contributed by atoms with Crippen LogP contribution in [0.1, 0.15) is 26.3 Å². The van der Waals surface area contributed by atoms with Gasteiger partial charge in [0.1, 0.15) is 18.2 Å². The largest absolute Gasteiger partial charge is 0.459 e. The van der Waals surface area contributed by atoms with Crippen LogP contribution in [0.4, 0.5) is 10.5 Å². The van der Waals surface area contributed by atoms with Crippen LogP contribution in [0.25, 0.3) is 0 Å². The van der Waals surface area contributed by atoms with Crippen molar-refractivity contribution < 1.29 is 38.7 Å². The van der Waals surface area contributed by atoms with Crippen molar-refractivity contribution in [1.29, 1.82) is 0 Å². The molecule has 3 N–H and O–H groups in total. The molecule has 160 valence electrons. The molecule has 0 saturated heterocycles. The zero-order chi connectivity index (χ0) is 22.0. The van der Waals surface area contributed by atoms with Gasteiger partial charge in [-0.3, -0.25) is 19.7 Å². The molecule has 0 unspecified atom stereocenters. The minimum atomic E-state index is -1.35. The zero-order valence-corrected chi connectivity index (χ0v) is 16.2. The normalized spacial score (nSPS) is 11.9. The first kappa shape index (κ1) is 23.8. The second kappa shape index (κ2) is 10.9. The lowest BCUT2D eigenvalue weighted by Crippen LogP contribution is -2.50.